The fourth-order valence-electron chi connectivity index (χ4n) is 2.55. The van der Waals surface area contributed by atoms with Gasteiger partial charge < -0.3 is 15.8 Å². The van der Waals surface area contributed by atoms with E-state index < -0.39 is 5.82 Å². The molecule has 0 aliphatic rings. The Morgan fingerprint density at radius 2 is 1.80 bits per heavy atom. The zero-order valence-electron chi connectivity index (χ0n) is 13.2. The summed E-state index contributed by atoms with van der Waals surface area (Å²) in [6, 6.07) is 17.7. The normalized spacial score (nSPS) is 10.8. The molecule has 2 aromatic carbocycles. The van der Waals surface area contributed by atoms with Crippen LogP contribution in [0.4, 0.5) is 21.5 Å². The predicted molar refractivity (Wildman–Crippen MR) is 95.8 cm³/mol. The minimum atomic E-state index is -0.515. The molecule has 0 aliphatic heterocycles. The third-order valence-corrected chi connectivity index (χ3v) is 3.71. The number of rotatable bonds is 4. The molecule has 6 heteroatoms. The van der Waals surface area contributed by atoms with E-state index in [1.807, 2.05) is 36.5 Å². The Bertz CT molecular complexity index is 1030. The van der Waals surface area contributed by atoms with Crippen LogP contribution in [0.3, 0.4) is 0 Å². The summed E-state index contributed by atoms with van der Waals surface area (Å²) in [4.78, 5) is 0. The van der Waals surface area contributed by atoms with Crippen molar-refractivity contribution in [3.05, 3.63) is 78.9 Å². The predicted octanol–water partition coefficient (Wildman–Crippen LogP) is 4.59. The van der Waals surface area contributed by atoms with Crippen LogP contribution in [0.5, 0.6) is 11.5 Å². The first-order valence-corrected chi connectivity index (χ1v) is 7.71. The second-order valence-corrected chi connectivity index (χ2v) is 5.54. The summed E-state index contributed by atoms with van der Waals surface area (Å²) < 4.78 is 21.5. The zero-order chi connectivity index (χ0) is 17.2. The van der Waals surface area contributed by atoms with Crippen molar-refractivity contribution in [2.45, 2.75) is 0 Å². The highest BCUT2D eigenvalue weighted by Crippen LogP contribution is 2.32. The van der Waals surface area contributed by atoms with Crippen LogP contribution in [0.15, 0.2) is 73.1 Å². The van der Waals surface area contributed by atoms with E-state index in [4.69, 9.17) is 10.5 Å². The highest BCUT2D eigenvalue weighted by molar-refractivity contribution is 5.69. The number of hydrogen-bond donors (Lipinski definition) is 2. The van der Waals surface area contributed by atoms with Gasteiger partial charge in [0.1, 0.15) is 5.52 Å². The van der Waals surface area contributed by atoms with Gasteiger partial charge in [-0.25, -0.2) is 8.91 Å². The van der Waals surface area contributed by atoms with E-state index in [0.717, 1.165) is 16.9 Å². The number of nitrogen functional groups attached to an aromatic ring is 1. The molecule has 0 fully saturated rings. The van der Waals surface area contributed by atoms with Gasteiger partial charge in [-0.2, -0.15) is 5.10 Å². The van der Waals surface area contributed by atoms with Gasteiger partial charge in [-0.1, -0.05) is 18.2 Å². The van der Waals surface area contributed by atoms with Crippen molar-refractivity contribution in [3.8, 4) is 11.5 Å². The van der Waals surface area contributed by atoms with E-state index in [0.29, 0.717) is 11.4 Å². The van der Waals surface area contributed by atoms with E-state index >= 15 is 0 Å². The standard InChI is InChI=1S/C19H15FN4O/c20-16-10-13(21)6-7-18(16)25-19-11-15(12-24-17(19)8-9-22-24)23-14-4-2-1-3-5-14/h1-12,23H,21H2. The van der Waals surface area contributed by atoms with Crippen molar-refractivity contribution >= 4 is 22.6 Å². The topological polar surface area (TPSA) is 64.6 Å². The SMILES string of the molecule is Nc1ccc(Oc2cc(Nc3ccccc3)cn3nccc23)c(F)c1. The Morgan fingerprint density at radius 3 is 2.60 bits per heavy atom. The first-order valence-electron chi connectivity index (χ1n) is 7.71. The number of nitrogens with two attached hydrogens (primary N) is 1. The summed E-state index contributed by atoms with van der Waals surface area (Å²) in [5.41, 5.74) is 8.36. The first kappa shape index (κ1) is 15.0. The van der Waals surface area contributed by atoms with E-state index in [9.17, 15) is 4.39 Å². The van der Waals surface area contributed by atoms with Crippen molar-refractivity contribution < 1.29 is 9.13 Å². The summed E-state index contributed by atoms with van der Waals surface area (Å²) >= 11 is 0. The molecule has 4 aromatic rings. The van der Waals surface area contributed by atoms with Crippen LogP contribution in [0.1, 0.15) is 0 Å². The Morgan fingerprint density at radius 1 is 0.960 bits per heavy atom. The molecule has 2 heterocycles. The maximum Gasteiger partial charge on any atom is 0.167 e. The molecule has 0 atom stereocenters. The summed E-state index contributed by atoms with van der Waals surface area (Å²) in [5.74, 6) is 0.0790. The molecule has 0 spiro atoms. The molecule has 4 rings (SSSR count). The van der Waals surface area contributed by atoms with Crippen LogP contribution in [0.25, 0.3) is 5.52 Å². The lowest BCUT2D eigenvalue weighted by molar-refractivity contribution is 0.445. The van der Waals surface area contributed by atoms with Crippen molar-refractivity contribution in [3.63, 3.8) is 0 Å². The van der Waals surface area contributed by atoms with Crippen LogP contribution >= 0.6 is 0 Å². The molecular formula is C19H15FN4O. The van der Waals surface area contributed by atoms with Crippen LogP contribution < -0.4 is 15.8 Å². The Hall–Kier alpha value is -3.54. The molecule has 2 aromatic heterocycles. The molecule has 0 bridgehead atoms. The highest BCUT2D eigenvalue weighted by Gasteiger charge is 2.11. The third-order valence-electron chi connectivity index (χ3n) is 3.71. The van der Waals surface area contributed by atoms with Gasteiger partial charge in [0, 0.05) is 23.5 Å². The second-order valence-electron chi connectivity index (χ2n) is 5.54. The smallest absolute Gasteiger partial charge is 0.167 e. The molecule has 0 aliphatic carbocycles. The third kappa shape index (κ3) is 3.10. The van der Waals surface area contributed by atoms with Crippen molar-refractivity contribution in [1.82, 2.24) is 9.61 Å². The number of aromatic nitrogens is 2. The Labute approximate surface area is 143 Å². The highest BCUT2D eigenvalue weighted by atomic mass is 19.1. The average Bonchev–Trinajstić information content (AvgIpc) is 3.07. The van der Waals surface area contributed by atoms with Gasteiger partial charge in [0.15, 0.2) is 17.3 Å². The van der Waals surface area contributed by atoms with E-state index in [1.54, 1.807) is 28.9 Å². The van der Waals surface area contributed by atoms with Crippen LogP contribution in [0, 0.1) is 5.82 Å². The number of nitrogens with one attached hydrogen (secondary N) is 1. The van der Waals surface area contributed by atoms with Gasteiger partial charge in [0.25, 0.3) is 0 Å². The molecule has 0 radical (unpaired) electrons. The van der Waals surface area contributed by atoms with E-state index in [2.05, 4.69) is 10.4 Å². The fraction of sp³-hybridized carbons (Fsp3) is 0. The first-order chi connectivity index (χ1) is 12.2. The maximum atomic E-state index is 14.1. The Kier molecular flexibility index (Phi) is 3.70. The van der Waals surface area contributed by atoms with Gasteiger partial charge in [-0.05, 0) is 30.3 Å². The van der Waals surface area contributed by atoms with Crippen molar-refractivity contribution in [1.29, 1.82) is 0 Å². The van der Waals surface area contributed by atoms with Crippen molar-refractivity contribution in [2.75, 3.05) is 11.1 Å². The summed E-state index contributed by atoms with van der Waals surface area (Å²) in [5, 5.41) is 7.52. The molecule has 0 saturated heterocycles. The fourth-order valence-corrected chi connectivity index (χ4v) is 2.55. The van der Waals surface area contributed by atoms with Gasteiger partial charge in [0.2, 0.25) is 0 Å². The molecule has 3 N–H and O–H groups in total. The Balaban J connectivity index is 1.73. The number of benzene rings is 2. The summed E-state index contributed by atoms with van der Waals surface area (Å²) in [6.45, 7) is 0. The number of hydrogen-bond acceptors (Lipinski definition) is 4. The van der Waals surface area contributed by atoms with E-state index in [1.165, 1.54) is 12.1 Å². The number of anilines is 3. The monoisotopic (exact) mass is 334 g/mol. The minimum Gasteiger partial charge on any atom is -0.452 e. The average molecular weight is 334 g/mol. The molecule has 0 unspecified atom stereocenters. The number of fused-ring (bicyclic) bond motifs is 1. The van der Waals surface area contributed by atoms with Crippen LogP contribution in [-0.4, -0.2) is 9.61 Å². The molecule has 124 valence electrons. The van der Waals surface area contributed by atoms with E-state index in [-0.39, 0.29) is 5.75 Å². The van der Waals surface area contributed by atoms with Crippen LogP contribution in [-0.2, 0) is 0 Å². The number of ether oxygens (including phenoxy) is 1. The lowest BCUT2D eigenvalue weighted by Gasteiger charge is -2.12. The number of pyridine rings is 1. The minimum absolute atomic E-state index is 0.106. The van der Waals surface area contributed by atoms with Crippen molar-refractivity contribution in [2.24, 2.45) is 0 Å². The maximum absolute atomic E-state index is 14.1. The lowest BCUT2D eigenvalue weighted by Crippen LogP contribution is -1.98. The second kappa shape index (κ2) is 6.16. The summed E-state index contributed by atoms with van der Waals surface area (Å²) in [6.07, 6.45) is 3.50. The summed E-state index contributed by atoms with van der Waals surface area (Å²) in [7, 11) is 0. The number of para-hydroxylation sites is 1. The largest absolute Gasteiger partial charge is 0.452 e. The number of halogens is 1. The van der Waals surface area contributed by atoms with Crippen LogP contribution in [0.2, 0.25) is 0 Å². The number of nitrogens with zero attached hydrogens (tertiary/aromatic N) is 2. The zero-order valence-corrected chi connectivity index (χ0v) is 13.2. The van der Waals surface area contributed by atoms with Gasteiger partial charge in [-0.15, -0.1) is 0 Å². The molecule has 0 amide bonds. The van der Waals surface area contributed by atoms with Gasteiger partial charge in [0.05, 0.1) is 18.1 Å². The molecule has 25 heavy (non-hydrogen) atoms. The molecular weight excluding hydrogens is 319 g/mol. The molecule has 5 nitrogen and oxygen atoms in total. The quantitative estimate of drug-likeness (QED) is 0.536. The lowest BCUT2D eigenvalue weighted by atomic mass is 10.2. The van der Waals surface area contributed by atoms with Gasteiger partial charge >= 0.3 is 0 Å². The molecule has 0 saturated carbocycles. The van der Waals surface area contributed by atoms with Gasteiger partial charge in [-0.3, -0.25) is 0 Å².